The number of anilines is 3. The first-order valence-electron chi connectivity index (χ1n) is 8.42. The van der Waals surface area contributed by atoms with Crippen LogP contribution in [-0.4, -0.2) is 29.7 Å². The molecule has 3 aromatic rings. The number of nitrogen functional groups attached to an aromatic ring is 1. The lowest BCUT2D eigenvalue weighted by Crippen LogP contribution is -2.11. The largest absolute Gasteiger partial charge is 0.495 e. The van der Waals surface area contributed by atoms with Crippen molar-refractivity contribution in [2.75, 3.05) is 24.8 Å². The predicted octanol–water partition coefficient (Wildman–Crippen LogP) is 3.65. The van der Waals surface area contributed by atoms with Gasteiger partial charge in [0, 0.05) is 17.4 Å². The number of nitrogens with one attached hydrogen (secondary N) is 1. The molecule has 0 bridgehead atoms. The molecule has 0 aliphatic heterocycles. The van der Waals surface area contributed by atoms with Crippen molar-refractivity contribution in [2.45, 2.75) is 6.92 Å². The zero-order chi connectivity index (χ0) is 19.2. The van der Waals surface area contributed by atoms with Crippen LogP contribution in [0.1, 0.15) is 17.3 Å². The monoisotopic (exact) mass is 364 g/mol. The van der Waals surface area contributed by atoms with Crippen LogP contribution in [0.3, 0.4) is 0 Å². The molecule has 1 aromatic heterocycles. The molecule has 3 rings (SSSR count). The summed E-state index contributed by atoms with van der Waals surface area (Å²) in [4.78, 5) is 21.1. The normalized spacial score (nSPS) is 10.3. The van der Waals surface area contributed by atoms with Gasteiger partial charge < -0.3 is 20.5 Å². The molecule has 0 aliphatic carbocycles. The number of para-hydroxylation sites is 2. The fourth-order valence-corrected chi connectivity index (χ4v) is 2.53. The first-order valence-corrected chi connectivity index (χ1v) is 8.42. The maximum Gasteiger partial charge on any atom is 0.343 e. The van der Waals surface area contributed by atoms with Crippen LogP contribution in [0.25, 0.3) is 11.4 Å². The van der Waals surface area contributed by atoms with Crippen molar-refractivity contribution in [1.29, 1.82) is 0 Å². The van der Waals surface area contributed by atoms with E-state index in [0.29, 0.717) is 28.8 Å². The van der Waals surface area contributed by atoms with Crippen LogP contribution in [0.5, 0.6) is 5.75 Å². The summed E-state index contributed by atoms with van der Waals surface area (Å²) in [5, 5.41) is 3.15. The summed E-state index contributed by atoms with van der Waals surface area (Å²) in [5.41, 5.74) is 8.10. The summed E-state index contributed by atoms with van der Waals surface area (Å²) >= 11 is 0. The molecule has 27 heavy (non-hydrogen) atoms. The Kier molecular flexibility index (Phi) is 5.51. The second kappa shape index (κ2) is 8.18. The molecule has 0 spiro atoms. The van der Waals surface area contributed by atoms with Crippen molar-refractivity contribution in [1.82, 2.24) is 9.97 Å². The molecule has 3 N–H and O–H groups in total. The third-order valence-corrected chi connectivity index (χ3v) is 3.79. The molecule has 2 aromatic carbocycles. The number of aromatic nitrogens is 2. The van der Waals surface area contributed by atoms with Crippen molar-refractivity contribution in [3.63, 3.8) is 0 Å². The number of esters is 1. The number of ether oxygens (including phenoxy) is 2. The Morgan fingerprint density at radius 1 is 1.19 bits per heavy atom. The van der Waals surface area contributed by atoms with E-state index in [0.717, 1.165) is 5.56 Å². The maximum atomic E-state index is 12.3. The lowest BCUT2D eigenvalue weighted by atomic mass is 10.2. The van der Waals surface area contributed by atoms with E-state index in [-0.39, 0.29) is 12.2 Å². The lowest BCUT2D eigenvalue weighted by Gasteiger charge is -2.14. The van der Waals surface area contributed by atoms with Crippen LogP contribution in [-0.2, 0) is 4.74 Å². The number of nitrogens with zero attached hydrogens (tertiary/aromatic N) is 2. The Morgan fingerprint density at radius 2 is 2.00 bits per heavy atom. The number of hydrogen-bond acceptors (Lipinski definition) is 7. The molecule has 0 fully saturated rings. The van der Waals surface area contributed by atoms with Gasteiger partial charge in [-0.1, -0.05) is 24.3 Å². The van der Waals surface area contributed by atoms with Gasteiger partial charge in [0.15, 0.2) is 5.82 Å². The Bertz CT molecular complexity index is 959. The number of carbonyl (C=O) groups excluding carboxylic acids is 1. The fourth-order valence-electron chi connectivity index (χ4n) is 2.53. The van der Waals surface area contributed by atoms with Gasteiger partial charge in [0.05, 0.1) is 19.4 Å². The fraction of sp³-hybridized carbons (Fsp3) is 0.150. The average Bonchev–Trinajstić information content (AvgIpc) is 2.68. The van der Waals surface area contributed by atoms with Gasteiger partial charge in [0.1, 0.15) is 17.1 Å². The Morgan fingerprint density at radius 3 is 2.74 bits per heavy atom. The van der Waals surface area contributed by atoms with Gasteiger partial charge in [-0.25, -0.2) is 14.8 Å². The summed E-state index contributed by atoms with van der Waals surface area (Å²) < 4.78 is 10.5. The third-order valence-electron chi connectivity index (χ3n) is 3.79. The van der Waals surface area contributed by atoms with Crippen LogP contribution in [0.4, 0.5) is 17.2 Å². The molecule has 138 valence electrons. The number of carbonyl (C=O) groups is 1. The Balaban J connectivity index is 2.06. The SMILES string of the molecule is CCOC(=O)c1cnc(-c2cccc(N)c2)nc1Nc1ccccc1OC. The second-order valence-electron chi connectivity index (χ2n) is 5.63. The highest BCUT2D eigenvalue weighted by Gasteiger charge is 2.18. The van der Waals surface area contributed by atoms with E-state index in [4.69, 9.17) is 15.2 Å². The summed E-state index contributed by atoms with van der Waals surface area (Å²) in [5.74, 6) is 0.878. The topological polar surface area (TPSA) is 99.4 Å². The van der Waals surface area contributed by atoms with Gasteiger partial charge in [-0.3, -0.25) is 0 Å². The zero-order valence-electron chi connectivity index (χ0n) is 15.1. The highest BCUT2D eigenvalue weighted by Crippen LogP contribution is 2.29. The number of nitrogens with two attached hydrogens (primary N) is 1. The van der Waals surface area contributed by atoms with E-state index in [1.165, 1.54) is 6.20 Å². The van der Waals surface area contributed by atoms with E-state index < -0.39 is 5.97 Å². The van der Waals surface area contributed by atoms with Gasteiger partial charge in [-0.2, -0.15) is 0 Å². The van der Waals surface area contributed by atoms with Crippen LogP contribution < -0.4 is 15.8 Å². The van der Waals surface area contributed by atoms with Crippen molar-refractivity contribution in [3.05, 3.63) is 60.3 Å². The zero-order valence-corrected chi connectivity index (χ0v) is 15.1. The van der Waals surface area contributed by atoms with Crippen molar-refractivity contribution < 1.29 is 14.3 Å². The van der Waals surface area contributed by atoms with E-state index in [1.54, 1.807) is 26.2 Å². The summed E-state index contributed by atoms with van der Waals surface area (Å²) in [6, 6.07) is 14.6. The number of methoxy groups -OCH3 is 1. The van der Waals surface area contributed by atoms with E-state index in [1.807, 2.05) is 36.4 Å². The molecule has 0 saturated heterocycles. The quantitative estimate of drug-likeness (QED) is 0.509. The molecule has 0 unspecified atom stereocenters. The molecule has 1 heterocycles. The highest BCUT2D eigenvalue weighted by atomic mass is 16.5. The number of rotatable bonds is 6. The number of benzene rings is 2. The Labute approximate surface area is 157 Å². The van der Waals surface area contributed by atoms with Crippen molar-refractivity contribution in [2.24, 2.45) is 0 Å². The standard InChI is InChI=1S/C20H20N4O3/c1-3-27-20(25)15-12-22-18(13-7-6-8-14(21)11-13)24-19(15)23-16-9-4-5-10-17(16)26-2/h4-12H,3,21H2,1-2H3,(H,22,23,24). The molecule has 0 radical (unpaired) electrons. The molecular formula is C20H20N4O3. The minimum absolute atomic E-state index is 0.232. The molecule has 7 nitrogen and oxygen atoms in total. The van der Waals surface area contributed by atoms with Crippen LogP contribution in [0.2, 0.25) is 0 Å². The maximum absolute atomic E-state index is 12.3. The Hall–Kier alpha value is -3.61. The molecule has 0 saturated carbocycles. The average molecular weight is 364 g/mol. The number of hydrogen-bond donors (Lipinski definition) is 2. The molecule has 0 atom stereocenters. The van der Waals surface area contributed by atoms with Gasteiger partial charge in [-0.05, 0) is 31.2 Å². The van der Waals surface area contributed by atoms with Gasteiger partial charge in [0.25, 0.3) is 0 Å². The van der Waals surface area contributed by atoms with Crippen LogP contribution >= 0.6 is 0 Å². The summed E-state index contributed by atoms with van der Waals surface area (Å²) in [6.45, 7) is 2.00. The van der Waals surface area contributed by atoms with E-state index >= 15 is 0 Å². The van der Waals surface area contributed by atoms with Gasteiger partial charge in [-0.15, -0.1) is 0 Å². The molecule has 7 heteroatoms. The first kappa shape index (κ1) is 18.2. The molecular weight excluding hydrogens is 344 g/mol. The van der Waals surface area contributed by atoms with Gasteiger partial charge in [0.2, 0.25) is 0 Å². The van der Waals surface area contributed by atoms with Gasteiger partial charge >= 0.3 is 5.97 Å². The van der Waals surface area contributed by atoms with Crippen molar-refractivity contribution in [3.8, 4) is 17.1 Å². The molecule has 0 amide bonds. The highest BCUT2D eigenvalue weighted by molar-refractivity contribution is 5.95. The second-order valence-corrected chi connectivity index (χ2v) is 5.63. The lowest BCUT2D eigenvalue weighted by molar-refractivity contribution is 0.0526. The van der Waals surface area contributed by atoms with Crippen LogP contribution in [0, 0.1) is 0 Å². The predicted molar refractivity (Wildman–Crippen MR) is 104 cm³/mol. The third kappa shape index (κ3) is 4.14. The van der Waals surface area contributed by atoms with E-state index in [9.17, 15) is 4.79 Å². The van der Waals surface area contributed by atoms with Crippen molar-refractivity contribution >= 4 is 23.2 Å². The first-order chi connectivity index (χ1) is 13.1. The minimum atomic E-state index is -0.506. The minimum Gasteiger partial charge on any atom is -0.495 e. The summed E-state index contributed by atoms with van der Waals surface area (Å²) in [7, 11) is 1.57. The van der Waals surface area contributed by atoms with Crippen LogP contribution in [0.15, 0.2) is 54.7 Å². The summed E-state index contributed by atoms with van der Waals surface area (Å²) in [6.07, 6.45) is 1.45. The molecule has 0 aliphatic rings. The smallest absolute Gasteiger partial charge is 0.343 e. The van der Waals surface area contributed by atoms with E-state index in [2.05, 4.69) is 15.3 Å².